The molecule has 0 bridgehead atoms. The predicted molar refractivity (Wildman–Crippen MR) is 111 cm³/mol. The molecule has 1 N–H and O–H groups in total. The molecule has 0 saturated heterocycles. The molecule has 0 radical (unpaired) electrons. The molecule has 1 amide bonds. The number of aryl methyl sites for hydroxylation is 2. The molecule has 8 heteroatoms. The van der Waals surface area contributed by atoms with E-state index >= 15 is 0 Å². The normalized spacial score (nSPS) is 23.6. The highest BCUT2D eigenvalue weighted by Gasteiger charge is 2.36. The Balaban J connectivity index is 1.38. The number of fused-ring (bicyclic) bond motifs is 1. The Hall–Kier alpha value is -2.64. The Bertz CT molecular complexity index is 903. The van der Waals surface area contributed by atoms with Crippen molar-refractivity contribution in [1.82, 2.24) is 19.7 Å². The average molecular weight is 399 g/mol. The van der Waals surface area contributed by atoms with Gasteiger partial charge < -0.3 is 15.0 Å². The number of rotatable bonds is 6. The summed E-state index contributed by atoms with van der Waals surface area (Å²) in [5, 5.41) is 7.14. The Kier molecular flexibility index (Phi) is 5.19. The summed E-state index contributed by atoms with van der Waals surface area (Å²) in [6, 6.07) is 1.68. The van der Waals surface area contributed by atoms with Crippen molar-refractivity contribution >= 4 is 17.4 Å². The SMILES string of the molecule is Cc1nc(CC2CC(COc3ccnn3C)C2)nc2c1NC(=O)[C@H](C(C)C)N2C. The third kappa shape index (κ3) is 3.80. The summed E-state index contributed by atoms with van der Waals surface area (Å²) in [6.07, 6.45) is 4.86. The maximum absolute atomic E-state index is 12.5. The standard InChI is InChI=1S/C21H30N6O2/c1-12(2)19-21(28)25-18-13(3)23-16(24-20(18)26(19)4)10-14-8-15(9-14)11-29-17-6-7-22-27(17)5/h6-7,12,14-15,19H,8-11H2,1-5H3,(H,25,28)/t14?,15?,19-/m0/s1. The van der Waals surface area contributed by atoms with Gasteiger partial charge in [0, 0.05) is 26.6 Å². The predicted octanol–water partition coefficient (Wildman–Crippen LogP) is 2.58. The van der Waals surface area contributed by atoms with Crippen LogP contribution < -0.4 is 15.0 Å². The summed E-state index contributed by atoms with van der Waals surface area (Å²) in [5.74, 6) is 3.89. The molecular weight excluding hydrogens is 368 g/mol. The van der Waals surface area contributed by atoms with Crippen LogP contribution in [0, 0.1) is 24.7 Å². The molecule has 2 aliphatic rings. The van der Waals surface area contributed by atoms with Crippen molar-refractivity contribution in [3.05, 3.63) is 23.8 Å². The fraction of sp³-hybridized carbons (Fsp3) is 0.619. The zero-order valence-electron chi connectivity index (χ0n) is 17.8. The van der Waals surface area contributed by atoms with E-state index in [1.165, 1.54) is 0 Å². The van der Waals surface area contributed by atoms with E-state index in [0.29, 0.717) is 11.8 Å². The van der Waals surface area contributed by atoms with Gasteiger partial charge in [-0.2, -0.15) is 5.10 Å². The Morgan fingerprint density at radius 3 is 2.66 bits per heavy atom. The molecule has 2 aromatic rings. The van der Waals surface area contributed by atoms with Gasteiger partial charge in [-0.3, -0.25) is 4.79 Å². The number of hydrogen-bond acceptors (Lipinski definition) is 6. The van der Waals surface area contributed by atoms with Crippen molar-refractivity contribution in [2.75, 3.05) is 23.9 Å². The van der Waals surface area contributed by atoms with Crippen LogP contribution in [-0.4, -0.2) is 45.4 Å². The number of nitrogens with one attached hydrogen (secondary N) is 1. The van der Waals surface area contributed by atoms with Gasteiger partial charge in [0.1, 0.15) is 17.6 Å². The maximum Gasteiger partial charge on any atom is 0.247 e. The molecule has 0 spiro atoms. The molecule has 8 nitrogen and oxygen atoms in total. The van der Waals surface area contributed by atoms with Gasteiger partial charge in [-0.15, -0.1) is 0 Å². The van der Waals surface area contributed by atoms with E-state index in [4.69, 9.17) is 9.72 Å². The summed E-state index contributed by atoms with van der Waals surface area (Å²) in [4.78, 5) is 24.0. The van der Waals surface area contributed by atoms with E-state index in [1.54, 1.807) is 10.9 Å². The van der Waals surface area contributed by atoms with Crippen molar-refractivity contribution in [1.29, 1.82) is 0 Å². The topological polar surface area (TPSA) is 85.2 Å². The van der Waals surface area contributed by atoms with Crippen LogP contribution >= 0.6 is 0 Å². The van der Waals surface area contributed by atoms with Crippen LogP contribution in [0.2, 0.25) is 0 Å². The van der Waals surface area contributed by atoms with E-state index in [-0.39, 0.29) is 17.9 Å². The fourth-order valence-electron chi connectivity index (χ4n) is 4.50. The molecule has 4 rings (SSSR count). The second-order valence-electron chi connectivity index (χ2n) is 8.72. The van der Waals surface area contributed by atoms with Crippen LogP contribution in [0.3, 0.4) is 0 Å². The minimum absolute atomic E-state index is 0.0182. The lowest BCUT2D eigenvalue weighted by atomic mass is 9.73. The highest BCUT2D eigenvalue weighted by molar-refractivity contribution is 6.03. The molecule has 29 heavy (non-hydrogen) atoms. The smallest absolute Gasteiger partial charge is 0.247 e. The number of hydrogen-bond donors (Lipinski definition) is 1. The zero-order valence-corrected chi connectivity index (χ0v) is 17.8. The fourth-order valence-corrected chi connectivity index (χ4v) is 4.50. The Labute approximate surface area is 171 Å². The van der Waals surface area contributed by atoms with Gasteiger partial charge in [0.15, 0.2) is 5.82 Å². The minimum Gasteiger partial charge on any atom is -0.478 e. The molecule has 156 valence electrons. The van der Waals surface area contributed by atoms with E-state index < -0.39 is 0 Å². The third-order valence-corrected chi connectivity index (χ3v) is 6.06. The number of carbonyl (C=O) groups is 1. The number of aromatic nitrogens is 4. The van der Waals surface area contributed by atoms with Crippen LogP contribution in [0.4, 0.5) is 11.5 Å². The van der Waals surface area contributed by atoms with Crippen LogP contribution in [0.25, 0.3) is 0 Å². The highest BCUT2D eigenvalue weighted by atomic mass is 16.5. The van der Waals surface area contributed by atoms with E-state index in [2.05, 4.69) is 29.2 Å². The zero-order chi connectivity index (χ0) is 20.7. The largest absolute Gasteiger partial charge is 0.478 e. The van der Waals surface area contributed by atoms with Gasteiger partial charge in [-0.05, 0) is 37.5 Å². The molecule has 3 heterocycles. The lowest BCUT2D eigenvalue weighted by Gasteiger charge is -2.38. The second-order valence-corrected chi connectivity index (χ2v) is 8.72. The van der Waals surface area contributed by atoms with Crippen molar-refractivity contribution in [2.24, 2.45) is 24.8 Å². The molecule has 0 aromatic carbocycles. The molecule has 1 atom stereocenters. The number of nitrogens with zero attached hydrogens (tertiary/aromatic N) is 5. The highest BCUT2D eigenvalue weighted by Crippen LogP contribution is 2.38. The van der Waals surface area contributed by atoms with Gasteiger partial charge >= 0.3 is 0 Å². The van der Waals surface area contributed by atoms with E-state index in [9.17, 15) is 4.79 Å². The van der Waals surface area contributed by atoms with Crippen LogP contribution in [-0.2, 0) is 18.3 Å². The average Bonchev–Trinajstić information content (AvgIpc) is 3.02. The van der Waals surface area contributed by atoms with Gasteiger partial charge in [0.05, 0.1) is 18.5 Å². The van der Waals surface area contributed by atoms with Gasteiger partial charge in [-0.25, -0.2) is 14.6 Å². The number of likely N-dealkylation sites (N-methyl/N-ethyl adjacent to an activating group) is 1. The number of anilines is 2. The lowest BCUT2D eigenvalue weighted by molar-refractivity contribution is -0.118. The van der Waals surface area contributed by atoms with Gasteiger partial charge in [0.2, 0.25) is 11.8 Å². The summed E-state index contributed by atoms with van der Waals surface area (Å²) >= 11 is 0. The number of carbonyl (C=O) groups excluding carboxylic acids is 1. The monoisotopic (exact) mass is 398 g/mol. The molecular formula is C21H30N6O2. The second kappa shape index (κ2) is 7.65. The molecule has 0 unspecified atom stereocenters. The van der Waals surface area contributed by atoms with Crippen molar-refractivity contribution in [3.63, 3.8) is 0 Å². The molecule has 2 aromatic heterocycles. The summed E-state index contributed by atoms with van der Waals surface area (Å²) < 4.78 is 7.60. The van der Waals surface area contributed by atoms with Crippen molar-refractivity contribution in [2.45, 2.75) is 46.1 Å². The van der Waals surface area contributed by atoms with Gasteiger partial charge in [-0.1, -0.05) is 13.8 Å². The first-order valence-electron chi connectivity index (χ1n) is 10.4. The van der Waals surface area contributed by atoms with Gasteiger partial charge in [0.25, 0.3) is 0 Å². The molecule has 1 fully saturated rings. The van der Waals surface area contributed by atoms with E-state index in [0.717, 1.165) is 54.8 Å². The number of ether oxygens (including phenoxy) is 1. The van der Waals surface area contributed by atoms with Crippen molar-refractivity contribution in [3.8, 4) is 5.88 Å². The molecule has 1 saturated carbocycles. The van der Waals surface area contributed by atoms with Crippen molar-refractivity contribution < 1.29 is 9.53 Å². The Morgan fingerprint density at radius 1 is 1.24 bits per heavy atom. The lowest BCUT2D eigenvalue weighted by Crippen LogP contribution is -2.49. The molecule has 1 aliphatic carbocycles. The first-order valence-corrected chi connectivity index (χ1v) is 10.4. The number of amides is 1. The minimum atomic E-state index is -0.207. The quantitative estimate of drug-likeness (QED) is 0.805. The van der Waals surface area contributed by atoms with Crippen LogP contribution in [0.5, 0.6) is 5.88 Å². The molecule has 1 aliphatic heterocycles. The maximum atomic E-state index is 12.5. The first kappa shape index (κ1) is 19.7. The van der Waals surface area contributed by atoms with Crippen LogP contribution in [0.15, 0.2) is 12.3 Å². The first-order chi connectivity index (χ1) is 13.8. The third-order valence-electron chi connectivity index (χ3n) is 6.06. The summed E-state index contributed by atoms with van der Waals surface area (Å²) in [6.45, 7) is 6.79. The van der Waals surface area contributed by atoms with E-state index in [1.807, 2.05) is 32.0 Å². The summed E-state index contributed by atoms with van der Waals surface area (Å²) in [5.41, 5.74) is 1.58. The summed E-state index contributed by atoms with van der Waals surface area (Å²) in [7, 11) is 3.84. The van der Waals surface area contributed by atoms with Crippen LogP contribution in [0.1, 0.15) is 38.2 Å². The Morgan fingerprint density at radius 2 is 2.00 bits per heavy atom.